The van der Waals surface area contributed by atoms with Gasteiger partial charge in [-0.15, -0.1) is 0 Å². The van der Waals surface area contributed by atoms with Crippen molar-refractivity contribution in [1.29, 1.82) is 0 Å². The van der Waals surface area contributed by atoms with Gasteiger partial charge < -0.3 is 9.84 Å². The van der Waals surface area contributed by atoms with Crippen LogP contribution in [0.2, 0.25) is 0 Å². The van der Waals surface area contributed by atoms with Crippen LogP contribution in [0.25, 0.3) is 0 Å². The van der Waals surface area contributed by atoms with Gasteiger partial charge in [-0.2, -0.15) is 5.10 Å². The van der Waals surface area contributed by atoms with Gasteiger partial charge in [0.25, 0.3) is 0 Å². The third-order valence-corrected chi connectivity index (χ3v) is 4.04. The lowest BCUT2D eigenvalue weighted by molar-refractivity contribution is 0.290. The number of ether oxygens (including phenoxy) is 1. The average molecular weight is 325 g/mol. The first-order valence-corrected chi connectivity index (χ1v) is 6.95. The molecule has 1 N–H and O–H groups in total. The molecule has 0 unspecified atom stereocenters. The van der Waals surface area contributed by atoms with Crippen LogP contribution < -0.4 is 4.74 Å². The molecule has 0 spiro atoms. The van der Waals surface area contributed by atoms with Gasteiger partial charge in [0.05, 0.1) is 15.9 Å². The number of hydrogen-bond donors (Lipinski definition) is 1. The van der Waals surface area contributed by atoms with Crippen LogP contribution in [-0.4, -0.2) is 14.9 Å². The molecule has 102 valence electrons. The molecule has 0 saturated carbocycles. The number of phenols is 1. The minimum atomic E-state index is 0.246. The summed E-state index contributed by atoms with van der Waals surface area (Å²) in [7, 11) is 1.90. The second-order valence-electron chi connectivity index (χ2n) is 4.37. The monoisotopic (exact) mass is 324 g/mol. The molecule has 1 aromatic carbocycles. The molecule has 1 aromatic heterocycles. The van der Waals surface area contributed by atoms with Crippen molar-refractivity contribution in [2.45, 2.75) is 26.9 Å². The van der Waals surface area contributed by atoms with E-state index >= 15 is 0 Å². The van der Waals surface area contributed by atoms with E-state index in [1.54, 1.807) is 12.1 Å². The maximum absolute atomic E-state index is 9.64. The molecule has 0 bridgehead atoms. The van der Waals surface area contributed by atoms with Crippen molar-refractivity contribution < 1.29 is 9.84 Å². The Labute approximate surface area is 121 Å². The number of halogens is 1. The van der Waals surface area contributed by atoms with Crippen LogP contribution in [0, 0.1) is 6.92 Å². The average Bonchev–Trinajstić information content (AvgIpc) is 2.66. The quantitative estimate of drug-likeness (QED) is 0.938. The Morgan fingerprint density at radius 1 is 1.42 bits per heavy atom. The molecule has 0 radical (unpaired) electrons. The molecule has 0 aliphatic carbocycles. The van der Waals surface area contributed by atoms with Crippen LogP contribution in [-0.2, 0) is 20.1 Å². The highest BCUT2D eigenvalue weighted by molar-refractivity contribution is 9.10. The second-order valence-corrected chi connectivity index (χ2v) is 5.17. The van der Waals surface area contributed by atoms with Gasteiger partial charge in [0.1, 0.15) is 18.1 Å². The summed E-state index contributed by atoms with van der Waals surface area (Å²) in [6.07, 6.45) is 0.875. The van der Waals surface area contributed by atoms with Gasteiger partial charge in [-0.25, -0.2) is 0 Å². The first-order chi connectivity index (χ1) is 9.04. The van der Waals surface area contributed by atoms with E-state index in [4.69, 9.17) is 4.74 Å². The van der Waals surface area contributed by atoms with E-state index in [2.05, 4.69) is 28.0 Å². The summed E-state index contributed by atoms with van der Waals surface area (Å²) in [4.78, 5) is 0. The zero-order chi connectivity index (χ0) is 14.0. The van der Waals surface area contributed by atoms with Gasteiger partial charge in [-0.05, 0) is 41.4 Å². The minimum absolute atomic E-state index is 0.246. The third kappa shape index (κ3) is 2.76. The van der Waals surface area contributed by atoms with Gasteiger partial charge in [0.15, 0.2) is 0 Å². The second kappa shape index (κ2) is 5.65. The van der Waals surface area contributed by atoms with Crippen molar-refractivity contribution in [2.24, 2.45) is 7.05 Å². The Morgan fingerprint density at radius 3 is 2.79 bits per heavy atom. The Hall–Kier alpha value is -1.49. The van der Waals surface area contributed by atoms with Crippen molar-refractivity contribution in [3.05, 3.63) is 39.6 Å². The fourth-order valence-electron chi connectivity index (χ4n) is 1.88. The standard InChI is InChI=1S/C14H17BrN2O2/c1-4-10-14(15)11(17(3)16-10)8-19-13-7-5-6-12(18)9(13)2/h5-7,18H,4,8H2,1-3H3. The Balaban J connectivity index is 2.19. The van der Waals surface area contributed by atoms with E-state index in [-0.39, 0.29) is 5.75 Å². The molecule has 19 heavy (non-hydrogen) atoms. The number of aromatic nitrogens is 2. The number of rotatable bonds is 4. The summed E-state index contributed by atoms with van der Waals surface area (Å²) in [5, 5.41) is 14.1. The maximum Gasteiger partial charge on any atom is 0.131 e. The molecule has 0 atom stereocenters. The van der Waals surface area contributed by atoms with Crippen molar-refractivity contribution >= 4 is 15.9 Å². The fraction of sp³-hybridized carbons (Fsp3) is 0.357. The summed E-state index contributed by atoms with van der Waals surface area (Å²) < 4.78 is 8.59. The molecule has 2 rings (SSSR count). The maximum atomic E-state index is 9.64. The summed E-state index contributed by atoms with van der Waals surface area (Å²) in [6, 6.07) is 5.27. The topological polar surface area (TPSA) is 47.3 Å². The molecule has 0 aliphatic rings. The molecule has 5 heteroatoms. The zero-order valence-electron chi connectivity index (χ0n) is 11.3. The summed E-state index contributed by atoms with van der Waals surface area (Å²) in [5.41, 5.74) is 2.75. The predicted molar refractivity (Wildman–Crippen MR) is 77.5 cm³/mol. The lowest BCUT2D eigenvalue weighted by atomic mass is 10.2. The zero-order valence-corrected chi connectivity index (χ0v) is 12.9. The van der Waals surface area contributed by atoms with Crippen LogP contribution >= 0.6 is 15.9 Å². The van der Waals surface area contributed by atoms with E-state index in [0.717, 1.165) is 27.8 Å². The first-order valence-electron chi connectivity index (χ1n) is 6.16. The fourth-order valence-corrected chi connectivity index (χ4v) is 2.61. The van der Waals surface area contributed by atoms with E-state index in [0.29, 0.717) is 12.4 Å². The molecular weight excluding hydrogens is 308 g/mol. The van der Waals surface area contributed by atoms with Gasteiger partial charge in [-0.1, -0.05) is 13.0 Å². The Morgan fingerprint density at radius 2 is 2.16 bits per heavy atom. The molecule has 0 aliphatic heterocycles. The highest BCUT2D eigenvalue weighted by Gasteiger charge is 2.13. The molecule has 1 heterocycles. The van der Waals surface area contributed by atoms with Crippen LogP contribution in [0.5, 0.6) is 11.5 Å². The number of phenolic OH excluding ortho intramolecular Hbond substituents is 1. The third-order valence-electron chi connectivity index (χ3n) is 3.12. The Bertz CT molecular complexity index is 593. The van der Waals surface area contributed by atoms with Crippen molar-refractivity contribution in [3.63, 3.8) is 0 Å². The Kier molecular flexibility index (Phi) is 4.14. The lowest BCUT2D eigenvalue weighted by Gasteiger charge is -2.10. The predicted octanol–water partition coefficient (Wildman–Crippen LogP) is 3.34. The van der Waals surface area contributed by atoms with Crippen LogP contribution in [0.3, 0.4) is 0 Å². The van der Waals surface area contributed by atoms with E-state index in [1.165, 1.54) is 0 Å². The van der Waals surface area contributed by atoms with Gasteiger partial charge in [0, 0.05) is 12.6 Å². The molecular formula is C14H17BrN2O2. The van der Waals surface area contributed by atoms with E-state index < -0.39 is 0 Å². The van der Waals surface area contributed by atoms with Gasteiger partial charge >= 0.3 is 0 Å². The van der Waals surface area contributed by atoms with Crippen LogP contribution in [0.4, 0.5) is 0 Å². The van der Waals surface area contributed by atoms with Crippen molar-refractivity contribution in [1.82, 2.24) is 9.78 Å². The van der Waals surface area contributed by atoms with Crippen LogP contribution in [0.15, 0.2) is 22.7 Å². The number of aromatic hydroxyl groups is 1. The highest BCUT2D eigenvalue weighted by Crippen LogP contribution is 2.28. The molecule has 2 aromatic rings. The highest BCUT2D eigenvalue weighted by atomic mass is 79.9. The van der Waals surface area contributed by atoms with E-state index in [1.807, 2.05) is 24.7 Å². The number of hydrogen-bond acceptors (Lipinski definition) is 3. The molecule has 4 nitrogen and oxygen atoms in total. The number of benzene rings is 1. The molecule has 0 fully saturated rings. The molecule has 0 amide bonds. The van der Waals surface area contributed by atoms with Crippen molar-refractivity contribution in [2.75, 3.05) is 0 Å². The van der Waals surface area contributed by atoms with E-state index in [9.17, 15) is 5.11 Å². The molecule has 0 saturated heterocycles. The van der Waals surface area contributed by atoms with Crippen LogP contribution in [0.1, 0.15) is 23.9 Å². The largest absolute Gasteiger partial charge is 0.508 e. The SMILES string of the molecule is CCc1nn(C)c(COc2cccc(O)c2C)c1Br. The lowest BCUT2D eigenvalue weighted by Crippen LogP contribution is -2.04. The number of aryl methyl sites for hydroxylation is 2. The smallest absolute Gasteiger partial charge is 0.131 e. The normalized spacial score (nSPS) is 10.7. The van der Waals surface area contributed by atoms with Gasteiger partial charge in [0.2, 0.25) is 0 Å². The van der Waals surface area contributed by atoms with Gasteiger partial charge in [-0.3, -0.25) is 4.68 Å². The summed E-state index contributed by atoms with van der Waals surface area (Å²) in [5.74, 6) is 0.932. The number of nitrogens with zero attached hydrogens (tertiary/aromatic N) is 2. The minimum Gasteiger partial charge on any atom is -0.508 e. The summed E-state index contributed by atoms with van der Waals surface area (Å²) >= 11 is 3.56. The summed E-state index contributed by atoms with van der Waals surface area (Å²) in [6.45, 7) is 4.31. The van der Waals surface area contributed by atoms with Crippen molar-refractivity contribution in [3.8, 4) is 11.5 Å². The first kappa shape index (κ1) is 13.9.